The minimum Gasteiger partial charge on any atom is -0.486 e. The van der Waals surface area contributed by atoms with Crippen LogP contribution >= 0.6 is 0 Å². The summed E-state index contributed by atoms with van der Waals surface area (Å²) in [6.45, 7) is 1.63. The van der Waals surface area contributed by atoms with Crippen molar-refractivity contribution in [3.8, 4) is 22.9 Å². The van der Waals surface area contributed by atoms with Crippen molar-refractivity contribution >= 4 is 0 Å². The maximum atomic E-state index is 5.60. The lowest BCUT2D eigenvalue weighted by Gasteiger charge is -2.18. The summed E-state index contributed by atoms with van der Waals surface area (Å²) in [5, 5.41) is 0. The van der Waals surface area contributed by atoms with Crippen LogP contribution < -0.4 is 15.2 Å². The zero-order valence-electron chi connectivity index (χ0n) is 10.2. The molecule has 1 aliphatic rings. The molecule has 0 radical (unpaired) electrons. The highest BCUT2D eigenvalue weighted by molar-refractivity contribution is 5.62. The van der Waals surface area contributed by atoms with Crippen molar-refractivity contribution in [2.24, 2.45) is 12.8 Å². The molecule has 2 aromatic rings. The van der Waals surface area contributed by atoms with Crippen LogP contribution in [0.25, 0.3) is 11.4 Å². The predicted molar refractivity (Wildman–Crippen MR) is 67.5 cm³/mol. The van der Waals surface area contributed by atoms with Gasteiger partial charge in [0.2, 0.25) is 0 Å². The van der Waals surface area contributed by atoms with Gasteiger partial charge in [-0.05, 0) is 18.2 Å². The van der Waals surface area contributed by atoms with Gasteiger partial charge in [0.15, 0.2) is 11.5 Å². The Morgan fingerprint density at radius 3 is 2.78 bits per heavy atom. The van der Waals surface area contributed by atoms with Gasteiger partial charge in [-0.15, -0.1) is 0 Å². The van der Waals surface area contributed by atoms with Crippen molar-refractivity contribution in [1.82, 2.24) is 9.55 Å². The molecule has 0 spiro atoms. The lowest BCUT2D eigenvalue weighted by molar-refractivity contribution is 0.171. The Morgan fingerprint density at radius 2 is 2.06 bits per heavy atom. The molecule has 0 aliphatic carbocycles. The summed E-state index contributed by atoms with van der Waals surface area (Å²) < 4.78 is 13.0. The van der Waals surface area contributed by atoms with E-state index in [1.54, 1.807) is 0 Å². The van der Waals surface area contributed by atoms with Crippen molar-refractivity contribution in [2.75, 3.05) is 13.2 Å². The predicted octanol–water partition coefficient (Wildman–Crippen LogP) is 1.32. The lowest BCUT2D eigenvalue weighted by atomic mass is 10.2. The van der Waals surface area contributed by atoms with Crippen LogP contribution in [0.5, 0.6) is 11.5 Å². The molecule has 94 valence electrons. The van der Waals surface area contributed by atoms with E-state index < -0.39 is 0 Å². The molecule has 1 aliphatic heterocycles. The fraction of sp³-hybridized carbons (Fsp3) is 0.308. The van der Waals surface area contributed by atoms with Gasteiger partial charge in [-0.3, -0.25) is 0 Å². The summed E-state index contributed by atoms with van der Waals surface area (Å²) in [4.78, 5) is 4.49. The van der Waals surface area contributed by atoms with Crippen molar-refractivity contribution in [1.29, 1.82) is 0 Å². The fourth-order valence-electron chi connectivity index (χ4n) is 2.08. The van der Waals surface area contributed by atoms with E-state index in [1.165, 1.54) is 0 Å². The molecular formula is C13H15N3O2. The average molecular weight is 245 g/mol. The van der Waals surface area contributed by atoms with Crippen molar-refractivity contribution in [3.63, 3.8) is 0 Å². The number of aromatic nitrogens is 2. The van der Waals surface area contributed by atoms with Crippen LogP contribution in [0.1, 0.15) is 5.69 Å². The Kier molecular flexibility index (Phi) is 2.68. The molecule has 0 atom stereocenters. The summed E-state index contributed by atoms with van der Waals surface area (Å²) in [5.74, 6) is 2.45. The van der Waals surface area contributed by atoms with Gasteiger partial charge in [-0.25, -0.2) is 4.98 Å². The Balaban J connectivity index is 2.03. The molecule has 5 nitrogen and oxygen atoms in total. The number of imidazole rings is 1. The van der Waals surface area contributed by atoms with Crippen LogP contribution in [0, 0.1) is 0 Å². The van der Waals surface area contributed by atoms with Gasteiger partial charge in [0.25, 0.3) is 0 Å². The van der Waals surface area contributed by atoms with Crippen molar-refractivity contribution < 1.29 is 9.47 Å². The maximum absolute atomic E-state index is 5.60. The largest absolute Gasteiger partial charge is 0.486 e. The molecule has 18 heavy (non-hydrogen) atoms. The van der Waals surface area contributed by atoms with E-state index >= 15 is 0 Å². The number of nitrogens with two attached hydrogens (primary N) is 1. The number of aryl methyl sites for hydroxylation is 1. The van der Waals surface area contributed by atoms with Gasteiger partial charge < -0.3 is 19.8 Å². The van der Waals surface area contributed by atoms with E-state index in [0.29, 0.717) is 19.8 Å². The molecule has 0 saturated carbocycles. The number of hydrogen-bond acceptors (Lipinski definition) is 4. The molecule has 1 aromatic heterocycles. The van der Waals surface area contributed by atoms with Gasteiger partial charge >= 0.3 is 0 Å². The Bertz CT molecular complexity index is 578. The van der Waals surface area contributed by atoms with Crippen LogP contribution in [-0.4, -0.2) is 22.8 Å². The van der Waals surface area contributed by atoms with Gasteiger partial charge in [0.05, 0.1) is 5.69 Å². The molecule has 2 heterocycles. The first-order valence-electron chi connectivity index (χ1n) is 5.90. The number of fused-ring (bicyclic) bond motifs is 1. The molecule has 3 rings (SSSR count). The molecule has 5 heteroatoms. The smallest absolute Gasteiger partial charge is 0.162 e. The highest BCUT2D eigenvalue weighted by atomic mass is 16.6. The van der Waals surface area contributed by atoms with Crippen molar-refractivity contribution in [3.05, 3.63) is 30.1 Å². The standard InChI is InChI=1S/C13H15N3O2/c1-16-8-10(7-14)15-13(16)9-2-3-11-12(6-9)18-5-4-17-11/h2-3,6,8H,4-5,7,14H2,1H3. The first-order chi connectivity index (χ1) is 8.78. The van der Waals surface area contributed by atoms with Gasteiger partial charge in [-0.1, -0.05) is 0 Å². The highest BCUT2D eigenvalue weighted by Crippen LogP contribution is 2.34. The van der Waals surface area contributed by atoms with Crippen LogP contribution in [0.4, 0.5) is 0 Å². The Labute approximate surface area is 105 Å². The summed E-state index contributed by atoms with van der Waals surface area (Å²) >= 11 is 0. The quantitative estimate of drug-likeness (QED) is 0.866. The number of hydrogen-bond donors (Lipinski definition) is 1. The second kappa shape index (κ2) is 4.34. The van der Waals surface area contributed by atoms with Gasteiger partial charge in [0.1, 0.15) is 19.0 Å². The zero-order chi connectivity index (χ0) is 12.5. The minimum atomic E-state index is 0.443. The summed E-state index contributed by atoms with van der Waals surface area (Å²) in [7, 11) is 1.96. The van der Waals surface area contributed by atoms with Gasteiger partial charge in [-0.2, -0.15) is 0 Å². The van der Waals surface area contributed by atoms with E-state index in [4.69, 9.17) is 15.2 Å². The topological polar surface area (TPSA) is 62.3 Å². The minimum absolute atomic E-state index is 0.443. The van der Waals surface area contributed by atoms with Crippen LogP contribution in [0.2, 0.25) is 0 Å². The van der Waals surface area contributed by atoms with E-state index in [0.717, 1.165) is 28.6 Å². The third-order valence-corrected chi connectivity index (χ3v) is 2.94. The maximum Gasteiger partial charge on any atom is 0.162 e. The molecule has 0 bridgehead atoms. The fourth-order valence-corrected chi connectivity index (χ4v) is 2.08. The lowest BCUT2D eigenvalue weighted by Crippen LogP contribution is -2.15. The number of rotatable bonds is 2. The van der Waals surface area contributed by atoms with E-state index in [9.17, 15) is 0 Å². The Morgan fingerprint density at radius 1 is 1.28 bits per heavy atom. The van der Waals surface area contributed by atoms with Crippen LogP contribution in [0.15, 0.2) is 24.4 Å². The molecular weight excluding hydrogens is 230 g/mol. The monoisotopic (exact) mass is 245 g/mol. The summed E-state index contributed by atoms with van der Waals surface area (Å²) in [6, 6.07) is 5.86. The average Bonchev–Trinajstić information content (AvgIpc) is 2.79. The Hall–Kier alpha value is -2.01. The van der Waals surface area contributed by atoms with E-state index in [1.807, 2.05) is 36.0 Å². The molecule has 2 N–H and O–H groups in total. The summed E-state index contributed by atoms with van der Waals surface area (Å²) in [6.07, 6.45) is 1.94. The molecule has 0 amide bonds. The third kappa shape index (κ3) is 1.82. The number of benzene rings is 1. The third-order valence-electron chi connectivity index (χ3n) is 2.94. The number of nitrogens with zero attached hydrogens (tertiary/aromatic N) is 2. The second-order valence-corrected chi connectivity index (χ2v) is 4.23. The van der Waals surface area contributed by atoms with Crippen LogP contribution in [-0.2, 0) is 13.6 Å². The normalized spacial score (nSPS) is 13.7. The first-order valence-corrected chi connectivity index (χ1v) is 5.90. The van der Waals surface area contributed by atoms with E-state index in [2.05, 4.69) is 4.98 Å². The number of ether oxygens (including phenoxy) is 2. The zero-order valence-corrected chi connectivity index (χ0v) is 10.2. The molecule has 1 aromatic carbocycles. The first kappa shape index (κ1) is 11.1. The second-order valence-electron chi connectivity index (χ2n) is 4.23. The molecule has 0 unspecified atom stereocenters. The van der Waals surface area contributed by atoms with Crippen LogP contribution in [0.3, 0.4) is 0 Å². The SMILES string of the molecule is Cn1cc(CN)nc1-c1ccc2c(c1)OCCO2. The van der Waals surface area contributed by atoms with E-state index in [-0.39, 0.29) is 0 Å². The molecule has 0 fully saturated rings. The summed E-state index contributed by atoms with van der Waals surface area (Å²) in [5.41, 5.74) is 7.48. The highest BCUT2D eigenvalue weighted by Gasteiger charge is 2.14. The van der Waals surface area contributed by atoms with Gasteiger partial charge in [0, 0.05) is 25.4 Å². The van der Waals surface area contributed by atoms with Crippen molar-refractivity contribution in [2.45, 2.75) is 6.54 Å². The molecule has 0 saturated heterocycles.